The minimum atomic E-state index is -0.807. The maximum atomic E-state index is 13.0. The lowest BCUT2D eigenvalue weighted by Crippen LogP contribution is -2.30. The summed E-state index contributed by atoms with van der Waals surface area (Å²) in [6.45, 7) is 6.48. The van der Waals surface area contributed by atoms with E-state index in [1.54, 1.807) is 0 Å². The molecule has 83 heavy (non-hydrogen) atoms. The molecule has 0 aromatic rings. The molecule has 0 bridgehead atoms. The van der Waals surface area contributed by atoms with Gasteiger partial charge in [-0.25, -0.2) is 0 Å². The van der Waals surface area contributed by atoms with Crippen LogP contribution in [0.3, 0.4) is 0 Å². The molecule has 0 fully saturated rings. The third-order valence-corrected chi connectivity index (χ3v) is 14.6. The Morgan fingerprint density at radius 1 is 0.253 bits per heavy atom. The van der Waals surface area contributed by atoms with E-state index in [0.29, 0.717) is 19.3 Å². The standard InChI is InChI=1S/C77H128O6/c1-4-7-10-13-16-19-22-25-28-31-34-36-38-40-43-46-49-52-55-58-61-64-67-70-76(79)82-73-74(72-81-75(78)69-66-63-60-57-54-51-48-45-42-33-30-27-24-21-18-15-12-9-6-3)83-77(80)71-68-65-62-59-56-53-50-47-44-41-39-37-35-32-29-26-23-20-17-14-11-8-5-2/h9,12,18,21-23,25-27,30-32,34-35,38-42,45,51,54,74H,4-8,10-11,13-17,19-20,24,28-29,33,36-37,43-44,46-50,52-53,55-73H2,1-3H3/b12-9-,21-18-,25-22-,26-23-,30-27-,34-31-,35-32-,40-38-,41-39-,45-42-,54-51-. The molecule has 0 spiro atoms. The first-order valence-corrected chi connectivity index (χ1v) is 34.7. The number of unbranched alkanes of at least 4 members (excludes halogenated alkanes) is 29. The number of allylic oxidation sites excluding steroid dienone is 22. The fourth-order valence-corrected chi connectivity index (χ4v) is 9.43. The summed E-state index contributed by atoms with van der Waals surface area (Å²) in [6.07, 6.45) is 98.9. The SMILES string of the molecule is CC/C=C\C/C=C\C/C=C\C/C=C\C/C=C\CCCCCC(=O)OCC(COC(=O)CCCCCCCCCC/C=C\C/C=C\C/C=C\CCCCCCC)OC(=O)CCCCCCCCCC/C=C\C/C=C\C/C=C\CCCCCCC. The van der Waals surface area contributed by atoms with Gasteiger partial charge in [0, 0.05) is 19.3 Å². The van der Waals surface area contributed by atoms with E-state index in [1.807, 2.05) is 0 Å². The second-order valence-corrected chi connectivity index (χ2v) is 22.7. The minimum Gasteiger partial charge on any atom is -0.462 e. The van der Waals surface area contributed by atoms with E-state index in [2.05, 4.69) is 154 Å². The van der Waals surface area contributed by atoms with Gasteiger partial charge in [-0.05, 0) is 141 Å². The van der Waals surface area contributed by atoms with Crippen molar-refractivity contribution < 1.29 is 28.6 Å². The van der Waals surface area contributed by atoms with Crippen molar-refractivity contribution in [3.63, 3.8) is 0 Å². The monoisotopic (exact) mass is 1150 g/mol. The van der Waals surface area contributed by atoms with Crippen molar-refractivity contribution in [3.05, 3.63) is 134 Å². The van der Waals surface area contributed by atoms with Gasteiger partial charge in [0.2, 0.25) is 0 Å². The molecule has 0 saturated carbocycles. The molecule has 1 unspecified atom stereocenters. The molecular formula is C77H128O6. The van der Waals surface area contributed by atoms with Gasteiger partial charge in [-0.3, -0.25) is 14.4 Å². The van der Waals surface area contributed by atoms with Crippen LogP contribution in [0.4, 0.5) is 0 Å². The van der Waals surface area contributed by atoms with E-state index >= 15 is 0 Å². The van der Waals surface area contributed by atoms with Crippen LogP contribution < -0.4 is 0 Å². The van der Waals surface area contributed by atoms with E-state index < -0.39 is 6.10 Å². The molecule has 0 rings (SSSR count). The highest BCUT2D eigenvalue weighted by atomic mass is 16.6. The average Bonchev–Trinajstić information content (AvgIpc) is 3.49. The molecule has 0 aliphatic rings. The summed E-state index contributed by atoms with van der Waals surface area (Å²) >= 11 is 0. The Kier molecular flexibility index (Phi) is 66.3. The first-order valence-electron chi connectivity index (χ1n) is 34.7. The van der Waals surface area contributed by atoms with Crippen LogP contribution in [0.5, 0.6) is 0 Å². The van der Waals surface area contributed by atoms with Crippen molar-refractivity contribution in [1.29, 1.82) is 0 Å². The zero-order valence-corrected chi connectivity index (χ0v) is 54.2. The number of hydrogen-bond acceptors (Lipinski definition) is 6. The summed E-state index contributed by atoms with van der Waals surface area (Å²) in [5.74, 6) is -0.940. The first-order chi connectivity index (χ1) is 41.0. The van der Waals surface area contributed by atoms with E-state index in [1.165, 1.54) is 141 Å². The Labute approximate surface area is 513 Å². The second-order valence-electron chi connectivity index (χ2n) is 22.7. The third-order valence-electron chi connectivity index (χ3n) is 14.6. The first kappa shape index (κ1) is 78.5. The zero-order valence-electron chi connectivity index (χ0n) is 54.2. The summed E-state index contributed by atoms with van der Waals surface area (Å²) < 4.78 is 17.0. The van der Waals surface area contributed by atoms with Gasteiger partial charge in [-0.1, -0.05) is 289 Å². The molecule has 0 amide bonds. The summed E-state index contributed by atoms with van der Waals surface area (Å²) in [5, 5.41) is 0. The Bertz CT molecular complexity index is 1750. The molecule has 1 atom stereocenters. The molecule has 0 aliphatic heterocycles. The Morgan fingerprint density at radius 3 is 0.747 bits per heavy atom. The Balaban J connectivity index is 4.48. The van der Waals surface area contributed by atoms with Crippen LogP contribution in [0.15, 0.2) is 134 Å². The quantitative estimate of drug-likeness (QED) is 0.0261. The van der Waals surface area contributed by atoms with Crippen LogP contribution in [-0.4, -0.2) is 37.2 Å². The highest BCUT2D eigenvalue weighted by Crippen LogP contribution is 2.15. The second kappa shape index (κ2) is 70.0. The predicted octanol–water partition coefficient (Wildman–Crippen LogP) is 24.1. The number of hydrogen-bond donors (Lipinski definition) is 0. The van der Waals surface area contributed by atoms with Crippen LogP contribution in [0.2, 0.25) is 0 Å². The average molecular weight is 1150 g/mol. The maximum Gasteiger partial charge on any atom is 0.306 e. The van der Waals surface area contributed by atoms with Crippen molar-refractivity contribution in [2.75, 3.05) is 13.2 Å². The van der Waals surface area contributed by atoms with Crippen molar-refractivity contribution in [1.82, 2.24) is 0 Å². The van der Waals surface area contributed by atoms with Crippen molar-refractivity contribution in [3.8, 4) is 0 Å². The highest BCUT2D eigenvalue weighted by Gasteiger charge is 2.19. The minimum absolute atomic E-state index is 0.0992. The van der Waals surface area contributed by atoms with E-state index in [9.17, 15) is 14.4 Å². The molecule has 0 radical (unpaired) electrons. The zero-order chi connectivity index (χ0) is 59.9. The predicted molar refractivity (Wildman–Crippen MR) is 362 cm³/mol. The molecule has 0 N–H and O–H groups in total. The van der Waals surface area contributed by atoms with Gasteiger partial charge >= 0.3 is 17.9 Å². The molecule has 0 saturated heterocycles. The van der Waals surface area contributed by atoms with E-state index in [-0.39, 0.29) is 31.1 Å². The summed E-state index contributed by atoms with van der Waals surface area (Å²) in [5.41, 5.74) is 0. The summed E-state index contributed by atoms with van der Waals surface area (Å²) in [7, 11) is 0. The molecule has 0 aromatic carbocycles. The number of esters is 3. The molecule has 0 aromatic heterocycles. The van der Waals surface area contributed by atoms with Gasteiger partial charge in [0.05, 0.1) is 0 Å². The van der Waals surface area contributed by atoms with Gasteiger partial charge in [0.1, 0.15) is 13.2 Å². The Morgan fingerprint density at radius 2 is 0.470 bits per heavy atom. The molecule has 472 valence electrons. The topological polar surface area (TPSA) is 78.9 Å². The molecule has 6 heteroatoms. The van der Waals surface area contributed by atoms with Crippen LogP contribution in [0, 0.1) is 0 Å². The van der Waals surface area contributed by atoms with Gasteiger partial charge < -0.3 is 14.2 Å². The Hall–Kier alpha value is -4.45. The number of rotatable bonds is 62. The fraction of sp³-hybridized carbons (Fsp3) is 0.675. The smallest absolute Gasteiger partial charge is 0.306 e. The molecule has 6 nitrogen and oxygen atoms in total. The van der Waals surface area contributed by atoms with E-state index in [4.69, 9.17) is 14.2 Å². The van der Waals surface area contributed by atoms with Crippen molar-refractivity contribution in [2.24, 2.45) is 0 Å². The summed E-state index contributed by atoms with van der Waals surface area (Å²) in [4.78, 5) is 38.5. The van der Waals surface area contributed by atoms with Crippen molar-refractivity contribution in [2.45, 2.75) is 322 Å². The number of carbonyl (C=O) groups is 3. The summed E-state index contributed by atoms with van der Waals surface area (Å²) in [6, 6.07) is 0. The molecule has 0 aliphatic carbocycles. The number of ether oxygens (including phenoxy) is 3. The van der Waals surface area contributed by atoms with Gasteiger partial charge in [-0.2, -0.15) is 0 Å². The maximum absolute atomic E-state index is 13.0. The third kappa shape index (κ3) is 68.2. The van der Waals surface area contributed by atoms with E-state index in [0.717, 1.165) is 135 Å². The van der Waals surface area contributed by atoms with Crippen LogP contribution >= 0.6 is 0 Å². The lowest BCUT2D eigenvalue weighted by molar-refractivity contribution is -0.167. The van der Waals surface area contributed by atoms with Gasteiger partial charge in [0.25, 0.3) is 0 Å². The lowest BCUT2D eigenvalue weighted by Gasteiger charge is -2.18. The van der Waals surface area contributed by atoms with Crippen LogP contribution in [-0.2, 0) is 28.6 Å². The lowest BCUT2D eigenvalue weighted by atomic mass is 10.1. The van der Waals surface area contributed by atoms with Crippen LogP contribution in [0.25, 0.3) is 0 Å². The van der Waals surface area contributed by atoms with Crippen LogP contribution in [0.1, 0.15) is 316 Å². The number of carbonyl (C=O) groups excluding carboxylic acids is 3. The largest absolute Gasteiger partial charge is 0.462 e. The normalized spacial score (nSPS) is 13.0. The van der Waals surface area contributed by atoms with Gasteiger partial charge in [0.15, 0.2) is 6.10 Å². The van der Waals surface area contributed by atoms with Gasteiger partial charge in [-0.15, -0.1) is 0 Å². The van der Waals surface area contributed by atoms with Crippen molar-refractivity contribution >= 4 is 17.9 Å². The molecular weight excluding hydrogens is 1020 g/mol. The molecule has 0 heterocycles. The highest BCUT2D eigenvalue weighted by molar-refractivity contribution is 5.71. The fourth-order valence-electron chi connectivity index (χ4n) is 9.43.